The van der Waals surface area contributed by atoms with Gasteiger partial charge in [0, 0.05) is 18.8 Å². The maximum absolute atomic E-state index is 5.44. The van der Waals surface area contributed by atoms with Gasteiger partial charge in [0.1, 0.15) is 5.82 Å². The molecule has 0 fully saturated rings. The standard InChI is InChI=1S/C12H19N7O/c1-3-5-9-14-6-7-19(9)11-15-10(18-13)16-12(17-11)20-8-4-2/h6-7H,3-5,8,13H2,1-2H3,(H,15,16,17,18). The number of nitrogens with zero attached hydrogens (tertiary/aromatic N) is 5. The maximum Gasteiger partial charge on any atom is 0.323 e. The number of aromatic nitrogens is 5. The van der Waals surface area contributed by atoms with E-state index in [0.717, 1.165) is 25.1 Å². The molecule has 2 heterocycles. The van der Waals surface area contributed by atoms with E-state index in [2.05, 4.69) is 32.3 Å². The van der Waals surface area contributed by atoms with Crippen molar-refractivity contribution in [1.29, 1.82) is 0 Å². The summed E-state index contributed by atoms with van der Waals surface area (Å²) in [7, 11) is 0. The van der Waals surface area contributed by atoms with Gasteiger partial charge in [-0.1, -0.05) is 13.8 Å². The average Bonchev–Trinajstić information content (AvgIpc) is 2.93. The van der Waals surface area contributed by atoms with E-state index in [-0.39, 0.29) is 12.0 Å². The third kappa shape index (κ3) is 3.21. The molecule has 0 unspecified atom stereocenters. The molecular formula is C12H19N7O. The molecule has 0 amide bonds. The summed E-state index contributed by atoms with van der Waals surface area (Å²) in [6, 6.07) is 0.251. The van der Waals surface area contributed by atoms with Crippen molar-refractivity contribution in [2.24, 2.45) is 5.84 Å². The third-order valence-electron chi connectivity index (χ3n) is 2.57. The summed E-state index contributed by atoms with van der Waals surface area (Å²) >= 11 is 0. The second-order valence-electron chi connectivity index (χ2n) is 4.20. The second kappa shape index (κ2) is 6.80. The fourth-order valence-corrected chi connectivity index (χ4v) is 1.70. The van der Waals surface area contributed by atoms with Gasteiger partial charge >= 0.3 is 6.01 Å². The molecule has 2 aromatic rings. The van der Waals surface area contributed by atoms with Crippen molar-refractivity contribution in [1.82, 2.24) is 24.5 Å². The monoisotopic (exact) mass is 277 g/mol. The first-order valence-corrected chi connectivity index (χ1v) is 6.66. The van der Waals surface area contributed by atoms with E-state index in [1.54, 1.807) is 6.20 Å². The topological polar surface area (TPSA) is 104 Å². The van der Waals surface area contributed by atoms with Crippen LogP contribution in [-0.2, 0) is 6.42 Å². The van der Waals surface area contributed by atoms with Gasteiger partial charge in [0.05, 0.1) is 6.61 Å². The van der Waals surface area contributed by atoms with Crippen LogP contribution in [0.2, 0.25) is 0 Å². The first kappa shape index (κ1) is 14.2. The molecule has 8 heteroatoms. The minimum absolute atomic E-state index is 0.251. The van der Waals surface area contributed by atoms with E-state index in [1.807, 2.05) is 17.7 Å². The number of hydrogen-bond acceptors (Lipinski definition) is 7. The number of nitrogen functional groups attached to an aromatic ring is 1. The van der Waals surface area contributed by atoms with Crippen molar-refractivity contribution in [3.8, 4) is 12.0 Å². The Hall–Kier alpha value is -2.22. The molecule has 0 radical (unpaired) electrons. The number of imidazole rings is 1. The lowest BCUT2D eigenvalue weighted by Gasteiger charge is -2.09. The SMILES string of the molecule is CCCOc1nc(NN)nc(-n2ccnc2CCC)n1. The minimum atomic E-state index is 0.251. The lowest BCUT2D eigenvalue weighted by atomic mass is 10.3. The van der Waals surface area contributed by atoms with E-state index in [9.17, 15) is 0 Å². The van der Waals surface area contributed by atoms with Gasteiger partial charge in [0.15, 0.2) is 0 Å². The maximum atomic E-state index is 5.44. The molecule has 0 aliphatic carbocycles. The van der Waals surface area contributed by atoms with Crippen LogP contribution in [0.15, 0.2) is 12.4 Å². The smallest absolute Gasteiger partial charge is 0.323 e. The van der Waals surface area contributed by atoms with E-state index in [1.165, 1.54) is 0 Å². The van der Waals surface area contributed by atoms with Crippen LogP contribution in [0.3, 0.4) is 0 Å². The number of ether oxygens (including phenoxy) is 1. The first-order valence-electron chi connectivity index (χ1n) is 6.66. The van der Waals surface area contributed by atoms with Gasteiger partial charge in [-0.15, -0.1) is 0 Å². The molecule has 0 aromatic carbocycles. The van der Waals surface area contributed by atoms with Crippen LogP contribution in [0, 0.1) is 0 Å². The van der Waals surface area contributed by atoms with Crippen LogP contribution in [0.25, 0.3) is 5.95 Å². The molecule has 0 aliphatic heterocycles. The fraction of sp³-hybridized carbons (Fsp3) is 0.500. The van der Waals surface area contributed by atoms with E-state index >= 15 is 0 Å². The zero-order valence-electron chi connectivity index (χ0n) is 11.7. The van der Waals surface area contributed by atoms with Gasteiger partial charge in [-0.05, 0) is 12.8 Å². The minimum Gasteiger partial charge on any atom is -0.463 e. The molecule has 0 saturated heterocycles. The highest BCUT2D eigenvalue weighted by Crippen LogP contribution is 2.13. The zero-order chi connectivity index (χ0) is 14.4. The molecule has 3 N–H and O–H groups in total. The molecule has 20 heavy (non-hydrogen) atoms. The summed E-state index contributed by atoms with van der Waals surface area (Å²) in [5.74, 6) is 6.98. The van der Waals surface area contributed by atoms with Crippen molar-refractivity contribution in [3.63, 3.8) is 0 Å². The second-order valence-corrected chi connectivity index (χ2v) is 4.20. The van der Waals surface area contributed by atoms with Crippen molar-refractivity contribution in [3.05, 3.63) is 18.2 Å². The Bertz CT molecular complexity index is 554. The normalized spacial score (nSPS) is 10.6. The van der Waals surface area contributed by atoms with Crippen molar-refractivity contribution >= 4 is 5.95 Å². The summed E-state index contributed by atoms with van der Waals surface area (Å²) in [5, 5.41) is 0. The molecule has 0 spiro atoms. The molecule has 0 aliphatic rings. The van der Waals surface area contributed by atoms with Gasteiger partial charge in [0.2, 0.25) is 11.9 Å². The molecule has 108 valence electrons. The van der Waals surface area contributed by atoms with Crippen molar-refractivity contribution < 1.29 is 4.74 Å². The third-order valence-corrected chi connectivity index (χ3v) is 2.57. The number of aryl methyl sites for hydroxylation is 1. The lowest BCUT2D eigenvalue weighted by Crippen LogP contribution is -2.15. The van der Waals surface area contributed by atoms with Gasteiger partial charge in [-0.3, -0.25) is 9.99 Å². The summed E-state index contributed by atoms with van der Waals surface area (Å²) in [6.07, 6.45) is 6.23. The number of hydrogen-bond donors (Lipinski definition) is 2. The summed E-state index contributed by atoms with van der Waals surface area (Å²) in [6.45, 7) is 4.65. The Labute approximate surface area is 117 Å². The average molecular weight is 277 g/mol. The Morgan fingerprint density at radius 1 is 1.25 bits per heavy atom. The van der Waals surface area contributed by atoms with Crippen LogP contribution in [-0.4, -0.2) is 31.1 Å². The molecule has 8 nitrogen and oxygen atoms in total. The molecule has 0 bridgehead atoms. The van der Waals surface area contributed by atoms with Crippen molar-refractivity contribution in [2.45, 2.75) is 33.1 Å². The highest BCUT2D eigenvalue weighted by molar-refractivity contribution is 5.29. The van der Waals surface area contributed by atoms with Gasteiger partial charge in [0.25, 0.3) is 0 Å². The van der Waals surface area contributed by atoms with Crippen LogP contribution < -0.4 is 16.0 Å². The number of anilines is 1. The van der Waals surface area contributed by atoms with Gasteiger partial charge in [-0.25, -0.2) is 10.8 Å². The molecule has 2 aromatic heterocycles. The zero-order valence-corrected chi connectivity index (χ0v) is 11.7. The fourth-order valence-electron chi connectivity index (χ4n) is 1.70. The summed E-state index contributed by atoms with van der Waals surface area (Å²) < 4.78 is 7.26. The number of nitrogens with one attached hydrogen (secondary N) is 1. The van der Waals surface area contributed by atoms with Crippen LogP contribution in [0.1, 0.15) is 32.5 Å². The molecule has 2 rings (SSSR count). The van der Waals surface area contributed by atoms with E-state index < -0.39 is 0 Å². The number of rotatable bonds is 7. The summed E-state index contributed by atoms with van der Waals surface area (Å²) in [4.78, 5) is 16.9. The van der Waals surface area contributed by atoms with Gasteiger partial charge < -0.3 is 4.74 Å². The predicted octanol–water partition coefficient (Wildman–Crippen LogP) is 1.08. The Morgan fingerprint density at radius 3 is 2.80 bits per heavy atom. The van der Waals surface area contributed by atoms with Crippen LogP contribution in [0.4, 0.5) is 5.95 Å². The Kier molecular flexibility index (Phi) is 4.83. The summed E-state index contributed by atoms with van der Waals surface area (Å²) in [5.41, 5.74) is 2.42. The molecular weight excluding hydrogens is 258 g/mol. The number of nitrogens with two attached hydrogens (primary N) is 1. The van der Waals surface area contributed by atoms with E-state index in [0.29, 0.717) is 12.6 Å². The van der Waals surface area contributed by atoms with Gasteiger partial charge in [-0.2, -0.15) is 15.0 Å². The predicted molar refractivity (Wildman–Crippen MR) is 74.5 cm³/mol. The Morgan fingerprint density at radius 2 is 2.10 bits per heavy atom. The molecule has 0 atom stereocenters. The first-order chi connectivity index (χ1) is 9.78. The molecule has 0 saturated carbocycles. The Balaban J connectivity index is 2.36. The largest absolute Gasteiger partial charge is 0.463 e. The lowest BCUT2D eigenvalue weighted by molar-refractivity contribution is 0.291. The number of hydrazine groups is 1. The highest BCUT2D eigenvalue weighted by Gasteiger charge is 2.11. The van der Waals surface area contributed by atoms with Crippen LogP contribution in [0.5, 0.6) is 6.01 Å². The van der Waals surface area contributed by atoms with Crippen molar-refractivity contribution in [2.75, 3.05) is 12.0 Å². The highest BCUT2D eigenvalue weighted by atomic mass is 16.5. The van der Waals surface area contributed by atoms with Crippen LogP contribution >= 0.6 is 0 Å². The van der Waals surface area contributed by atoms with E-state index in [4.69, 9.17) is 10.6 Å². The quantitative estimate of drug-likeness (QED) is 0.576.